The molecule has 1 heterocycles. The minimum atomic E-state index is -0.745. The molecule has 0 aliphatic heterocycles. The Kier molecular flexibility index (Phi) is 4.10. The molecule has 0 fully saturated rings. The number of rotatable bonds is 5. The van der Waals surface area contributed by atoms with Gasteiger partial charge in [-0.3, -0.25) is 9.78 Å². The third-order valence-corrected chi connectivity index (χ3v) is 3.65. The number of carboxylic acids is 1. The monoisotopic (exact) mass is 261 g/mol. The van der Waals surface area contributed by atoms with E-state index in [0.29, 0.717) is 12.8 Å². The lowest BCUT2D eigenvalue weighted by molar-refractivity contribution is -0.141. The molecular weight excluding hydrogens is 246 g/mol. The first-order valence-electron chi connectivity index (χ1n) is 5.81. The maximum absolute atomic E-state index is 11.3. The number of carboxylic acid groups (broad SMARTS) is 1. The van der Waals surface area contributed by atoms with Gasteiger partial charge in [0.2, 0.25) is 0 Å². The maximum atomic E-state index is 11.3. The van der Waals surface area contributed by atoms with Gasteiger partial charge in [-0.05, 0) is 25.3 Å². The SMILES string of the molecule is Cc1cccc(CC(Cc2cncs2)C(=O)O)c1. The Morgan fingerprint density at radius 1 is 1.44 bits per heavy atom. The van der Waals surface area contributed by atoms with E-state index in [1.54, 1.807) is 11.7 Å². The average Bonchev–Trinajstić information content (AvgIpc) is 2.81. The number of aryl methyl sites for hydroxylation is 1. The molecule has 1 atom stereocenters. The van der Waals surface area contributed by atoms with Crippen LogP contribution in [0.25, 0.3) is 0 Å². The second-order valence-electron chi connectivity index (χ2n) is 4.40. The minimum absolute atomic E-state index is 0.382. The van der Waals surface area contributed by atoms with Gasteiger partial charge in [-0.2, -0.15) is 0 Å². The van der Waals surface area contributed by atoms with Gasteiger partial charge >= 0.3 is 5.97 Å². The summed E-state index contributed by atoms with van der Waals surface area (Å²) < 4.78 is 0. The highest BCUT2D eigenvalue weighted by Crippen LogP contribution is 2.18. The molecule has 0 amide bonds. The van der Waals surface area contributed by atoms with E-state index in [2.05, 4.69) is 4.98 Å². The second kappa shape index (κ2) is 5.78. The van der Waals surface area contributed by atoms with Gasteiger partial charge in [0, 0.05) is 11.1 Å². The Morgan fingerprint density at radius 2 is 2.28 bits per heavy atom. The number of hydrogen-bond acceptors (Lipinski definition) is 3. The van der Waals surface area contributed by atoms with Gasteiger partial charge in [0.15, 0.2) is 0 Å². The Hall–Kier alpha value is -1.68. The van der Waals surface area contributed by atoms with Crippen LogP contribution >= 0.6 is 11.3 Å². The highest BCUT2D eigenvalue weighted by Gasteiger charge is 2.19. The van der Waals surface area contributed by atoms with E-state index in [1.165, 1.54) is 11.3 Å². The summed E-state index contributed by atoms with van der Waals surface area (Å²) in [6.07, 6.45) is 2.86. The minimum Gasteiger partial charge on any atom is -0.481 e. The predicted molar refractivity (Wildman–Crippen MR) is 71.8 cm³/mol. The van der Waals surface area contributed by atoms with Crippen molar-refractivity contribution in [2.24, 2.45) is 5.92 Å². The molecule has 1 aromatic carbocycles. The molecule has 1 unspecified atom stereocenters. The van der Waals surface area contributed by atoms with Crippen LogP contribution in [-0.2, 0) is 17.6 Å². The van der Waals surface area contributed by atoms with E-state index in [-0.39, 0.29) is 5.92 Å². The maximum Gasteiger partial charge on any atom is 0.307 e. The van der Waals surface area contributed by atoms with E-state index in [0.717, 1.165) is 16.0 Å². The van der Waals surface area contributed by atoms with Gasteiger partial charge in [-0.25, -0.2) is 0 Å². The summed E-state index contributed by atoms with van der Waals surface area (Å²) in [5, 5.41) is 9.29. The van der Waals surface area contributed by atoms with Crippen LogP contribution in [0.5, 0.6) is 0 Å². The Labute approximate surface area is 110 Å². The summed E-state index contributed by atoms with van der Waals surface area (Å²) in [7, 11) is 0. The molecular formula is C14H15NO2S. The highest BCUT2D eigenvalue weighted by atomic mass is 32.1. The molecule has 0 saturated carbocycles. The van der Waals surface area contributed by atoms with Gasteiger partial charge in [0.1, 0.15) is 0 Å². The number of aromatic nitrogens is 1. The summed E-state index contributed by atoms with van der Waals surface area (Å²) in [5.41, 5.74) is 3.97. The summed E-state index contributed by atoms with van der Waals surface area (Å²) in [6.45, 7) is 2.02. The predicted octanol–water partition coefficient (Wildman–Crippen LogP) is 2.94. The van der Waals surface area contributed by atoms with Crippen LogP contribution in [0.3, 0.4) is 0 Å². The first kappa shape index (κ1) is 12.8. The molecule has 18 heavy (non-hydrogen) atoms. The highest BCUT2D eigenvalue weighted by molar-refractivity contribution is 7.09. The third kappa shape index (κ3) is 3.40. The third-order valence-electron chi connectivity index (χ3n) is 2.84. The van der Waals surface area contributed by atoms with Crippen molar-refractivity contribution in [2.75, 3.05) is 0 Å². The Bertz CT molecular complexity index is 522. The fraction of sp³-hybridized carbons (Fsp3) is 0.286. The summed E-state index contributed by atoms with van der Waals surface area (Å²) in [5.74, 6) is -1.13. The van der Waals surface area contributed by atoms with Crippen LogP contribution in [-0.4, -0.2) is 16.1 Å². The number of hydrogen-bond donors (Lipinski definition) is 1. The second-order valence-corrected chi connectivity index (χ2v) is 5.37. The van der Waals surface area contributed by atoms with Crippen molar-refractivity contribution in [3.05, 3.63) is 52.0 Å². The normalized spacial score (nSPS) is 12.3. The number of benzene rings is 1. The lowest BCUT2D eigenvalue weighted by Gasteiger charge is -2.11. The number of carbonyl (C=O) groups is 1. The first-order chi connectivity index (χ1) is 8.65. The van der Waals surface area contributed by atoms with Crippen molar-refractivity contribution in [1.82, 2.24) is 4.98 Å². The standard InChI is InChI=1S/C14H15NO2S/c1-10-3-2-4-11(5-10)6-12(14(16)17)7-13-8-15-9-18-13/h2-5,8-9,12H,6-7H2,1H3,(H,16,17). The molecule has 0 saturated heterocycles. The average molecular weight is 261 g/mol. The van der Waals surface area contributed by atoms with Gasteiger partial charge in [0.05, 0.1) is 11.4 Å². The fourth-order valence-corrected chi connectivity index (χ4v) is 2.63. The molecule has 2 aromatic rings. The van der Waals surface area contributed by atoms with Crippen molar-refractivity contribution in [1.29, 1.82) is 0 Å². The summed E-state index contributed by atoms with van der Waals surface area (Å²) in [6, 6.07) is 8.01. The molecule has 0 radical (unpaired) electrons. The van der Waals surface area contributed by atoms with Crippen LogP contribution in [0.4, 0.5) is 0 Å². The molecule has 3 nitrogen and oxygen atoms in total. The van der Waals surface area contributed by atoms with Crippen LogP contribution in [0, 0.1) is 12.8 Å². The van der Waals surface area contributed by atoms with Crippen molar-refractivity contribution in [2.45, 2.75) is 19.8 Å². The summed E-state index contributed by atoms with van der Waals surface area (Å²) >= 11 is 1.51. The smallest absolute Gasteiger partial charge is 0.307 e. The van der Waals surface area contributed by atoms with E-state index < -0.39 is 5.97 Å². The van der Waals surface area contributed by atoms with Crippen molar-refractivity contribution < 1.29 is 9.90 Å². The quantitative estimate of drug-likeness (QED) is 0.900. The van der Waals surface area contributed by atoms with Crippen LogP contribution in [0.1, 0.15) is 16.0 Å². The van der Waals surface area contributed by atoms with Crippen LogP contribution in [0.2, 0.25) is 0 Å². The van der Waals surface area contributed by atoms with E-state index >= 15 is 0 Å². The van der Waals surface area contributed by atoms with Gasteiger partial charge in [-0.15, -0.1) is 11.3 Å². The number of nitrogens with zero attached hydrogens (tertiary/aromatic N) is 1. The van der Waals surface area contributed by atoms with Gasteiger partial charge in [-0.1, -0.05) is 29.8 Å². The number of thiazole rings is 1. The molecule has 0 aliphatic rings. The molecule has 94 valence electrons. The Balaban J connectivity index is 2.09. The van der Waals surface area contributed by atoms with Crippen LogP contribution in [0.15, 0.2) is 36.0 Å². The van der Waals surface area contributed by atoms with E-state index in [1.807, 2.05) is 31.2 Å². The van der Waals surface area contributed by atoms with E-state index in [4.69, 9.17) is 0 Å². The van der Waals surface area contributed by atoms with Crippen LogP contribution < -0.4 is 0 Å². The lowest BCUT2D eigenvalue weighted by Crippen LogP contribution is -2.18. The molecule has 0 spiro atoms. The largest absolute Gasteiger partial charge is 0.481 e. The lowest BCUT2D eigenvalue weighted by atomic mass is 9.95. The first-order valence-corrected chi connectivity index (χ1v) is 6.69. The van der Waals surface area contributed by atoms with Crippen molar-refractivity contribution >= 4 is 17.3 Å². The molecule has 0 bridgehead atoms. The number of aliphatic carboxylic acids is 1. The van der Waals surface area contributed by atoms with Gasteiger partial charge in [0.25, 0.3) is 0 Å². The van der Waals surface area contributed by atoms with E-state index in [9.17, 15) is 9.90 Å². The molecule has 1 aromatic heterocycles. The van der Waals surface area contributed by atoms with Gasteiger partial charge < -0.3 is 5.11 Å². The summed E-state index contributed by atoms with van der Waals surface area (Å²) in [4.78, 5) is 16.3. The van der Waals surface area contributed by atoms with Crippen molar-refractivity contribution in [3.63, 3.8) is 0 Å². The molecule has 2 rings (SSSR count). The zero-order valence-corrected chi connectivity index (χ0v) is 11.0. The molecule has 4 heteroatoms. The van der Waals surface area contributed by atoms with Crippen molar-refractivity contribution in [3.8, 4) is 0 Å². The molecule has 1 N–H and O–H groups in total. The zero-order valence-electron chi connectivity index (χ0n) is 10.2. The Morgan fingerprint density at radius 3 is 2.89 bits per heavy atom. The topological polar surface area (TPSA) is 50.2 Å². The molecule has 0 aliphatic carbocycles. The fourth-order valence-electron chi connectivity index (χ4n) is 1.96. The zero-order chi connectivity index (χ0) is 13.0.